The second-order valence-corrected chi connectivity index (χ2v) is 7.69. The van der Waals surface area contributed by atoms with E-state index in [2.05, 4.69) is 6.92 Å². The third-order valence-electron chi connectivity index (χ3n) is 5.41. The monoisotopic (exact) mass is 368 g/mol. The molecule has 1 rings (SSSR count). The van der Waals surface area contributed by atoms with Gasteiger partial charge in [-0.1, -0.05) is 57.1 Å². The second kappa shape index (κ2) is 12.2. The van der Waals surface area contributed by atoms with Crippen molar-refractivity contribution in [2.24, 2.45) is 11.8 Å². The number of unbranched alkanes of at least 4 members (excludes halogenated alkanes) is 5. The van der Waals surface area contributed by atoms with Crippen molar-refractivity contribution in [2.45, 2.75) is 96.7 Å². The molecule has 0 aromatic heterocycles. The van der Waals surface area contributed by atoms with E-state index >= 15 is 0 Å². The van der Waals surface area contributed by atoms with Crippen molar-refractivity contribution in [3.05, 3.63) is 11.6 Å². The largest absolute Gasteiger partial charge is 0.481 e. The van der Waals surface area contributed by atoms with Gasteiger partial charge in [-0.25, -0.2) is 0 Å². The molecule has 4 atom stereocenters. The van der Waals surface area contributed by atoms with Crippen LogP contribution in [0.1, 0.15) is 84.5 Å². The Morgan fingerprint density at radius 2 is 1.88 bits per heavy atom. The number of carboxylic acid groups (broad SMARTS) is 1. The Kier molecular flexibility index (Phi) is 10.7. The first-order valence-corrected chi connectivity index (χ1v) is 10.2. The molecule has 5 heteroatoms. The summed E-state index contributed by atoms with van der Waals surface area (Å²) in [5.41, 5.74) is 0.920. The molecular weight excluding hydrogens is 332 g/mol. The molecule has 2 unspecified atom stereocenters. The van der Waals surface area contributed by atoms with E-state index < -0.39 is 18.2 Å². The lowest BCUT2D eigenvalue weighted by molar-refractivity contribution is -0.137. The maximum Gasteiger partial charge on any atom is 0.303 e. The quantitative estimate of drug-likeness (QED) is 0.339. The number of aliphatic hydroxyl groups is 2. The highest BCUT2D eigenvalue weighted by Crippen LogP contribution is 2.38. The molecule has 1 fully saturated rings. The third kappa shape index (κ3) is 8.00. The molecule has 1 aliphatic carbocycles. The molecule has 0 saturated heterocycles. The Balaban J connectivity index is 2.52. The third-order valence-corrected chi connectivity index (χ3v) is 5.41. The fourth-order valence-electron chi connectivity index (χ4n) is 4.01. The van der Waals surface area contributed by atoms with Crippen molar-refractivity contribution in [3.63, 3.8) is 0 Å². The van der Waals surface area contributed by atoms with Crippen LogP contribution in [0.15, 0.2) is 11.6 Å². The average molecular weight is 369 g/mol. The summed E-state index contributed by atoms with van der Waals surface area (Å²) in [6, 6.07) is 0. The molecule has 0 spiro atoms. The number of aliphatic hydroxyl groups excluding tert-OH is 2. The Labute approximate surface area is 157 Å². The second-order valence-electron chi connectivity index (χ2n) is 7.69. The Morgan fingerprint density at radius 1 is 1.19 bits per heavy atom. The van der Waals surface area contributed by atoms with Crippen LogP contribution in [0.5, 0.6) is 0 Å². The minimum atomic E-state index is -0.766. The summed E-state index contributed by atoms with van der Waals surface area (Å²) in [7, 11) is 0. The summed E-state index contributed by atoms with van der Waals surface area (Å²) in [5, 5.41) is 29.1. The molecule has 150 valence electrons. The van der Waals surface area contributed by atoms with Crippen molar-refractivity contribution < 1.29 is 24.9 Å². The van der Waals surface area contributed by atoms with Crippen LogP contribution in [0.2, 0.25) is 0 Å². The number of carboxylic acids is 1. The maximum atomic E-state index is 12.3. The molecule has 0 aliphatic heterocycles. The van der Waals surface area contributed by atoms with E-state index in [4.69, 9.17) is 5.11 Å². The van der Waals surface area contributed by atoms with E-state index in [1.807, 2.05) is 13.0 Å². The van der Waals surface area contributed by atoms with E-state index in [-0.39, 0.29) is 30.5 Å². The molecule has 0 aromatic carbocycles. The molecule has 5 nitrogen and oxygen atoms in total. The van der Waals surface area contributed by atoms with Crippen LogP contribution < -0.4 is 0 Å². The minimum absolute atomic E-state index is 0.112. The van der Waals surface area contributed by atoms with Crippen LogP contribution in [-0.2, 0) is 9.59 Å². The Bertz CT molecular complexity index is 471. The van der Waals surface area contributed by atoms with Crippen molar-refractivity contribution in [3.8, 4) is 0 Å². The van der Waals surface area contributed by atoms with Crippen LogP contribution in [0.25, 0.3) is 0 Å². The van der Waals surface area contributed by atoms with Crippen LogP contribution in [0.4, 0.5) is 0 Å². The van der Waals surface area contributed by atoms with Gasteiger partial charge in [0.25, 0.3) is 0 Å². The van der Waals surface area contributed by atoms with Crippen LogP contribution in [0, 0.1) is 11.8 Å². The lowest BCUT2D eigenvalue weighted by Gasteiger charge is -2.23. The first-order valence-electron chi connectivity index (χ1n) is 10.2. The number of rotatable bonds is 13. The van der Waals surface area contributed by atoms with Crippen molar-refractivity contribution in [1.82, 2.24) is 0 Å². The molecular formula is C21H36O5. The first-order chi connectivity index (χ1) is 12.4. The molecule has 3 N–H and O–H groups in total. The number of carbonyl (C=O) groups excluding carboxylic acids is 1. The molecule has 1 saturated carbocycles. The zero-order chi connectivity index (χ0) is 19.5. The molecule has 26 heavy (non-hydrogen) atoms. The van der Waals surface area contributed by atoms with Crippen molar-refractivity contribution in [2.75, 3.05) is 0 Å². The van der Waals surface area contributed by atoms with Gasteiger partial charge in [0.1, 0.15) is 5.78 Å². The number of hydrogen-bond acceptors (Lipinski definition) is 4. The van der Waals surface area contributed by atoms with Gasteiger partial charge in [0.15, 0.2) is 0 Å². The Hall–Kier alpha value is -1.20. The van der Waals surface area contributed by atoms with E-state index in [1.54, 1.807) is 0 Å². The summed E-state index contributed by atoms with van der Waals surface area (Å²) in [6.45, 7) is 4.04. The van der Waals surface area contributed by atoms with Gasteiger partial charge in [0.05, 0.1) is 12.2 Å². The molecule has 1 aliphatic rings. The van der Waals surface area contributed by atoms with E-state index in [1.165, 1.54) is 0 Å². The van der Waals surface area contributed by atoms with Crippen LogP contribution in [-0.4, -0.2) is 39.3 Å². The lowest BCUT2D eigenvalue weighted by Crippen LogP contribution is -2.23. The van der Waals surface area contributed by atoms with Crippen LogP contribution in [0.3, 0.4) is 0 Å². The number of aliphatic carboxylic acids is 1. The smallest absolute Gasteiger partial charge is 0.303 e. The zero-order valence-corrected chi connectivity index (χ0v) is 16.3. The predicted octanol–water partition coefficient (Wildman–Crippen LogP) is 3.87. The summed E-state index contributed by atoms with van der Waals surface area (Å²) in [4.78, 5) is 22.8. The summed E-state index contributed by atoms with van der Waals surface area (Å²) < 4.78 is 0. The van der Waals surface area contributed by atoms with E-state index in [9.17, 15) is 19.8 Å². The lowest BCUT2D eigenvalue weighted by atomic mass is 9.83. The minimum Gasteiger partial charge on any atom is -0.481 e. The fourth-order valence-corrected chi connectivity index (χ4v) is 4.01. The highest BCUT2D eigenvalue weighted by Gasteiger charge is 2.41. The maximum absolute atomic E-state index is 12.3. The van der Waals surface area contributed by atoms with E-state index in [0.29, 0.717) is 6.42 Å². The highest BCUT2D eigenvalue weighted by atomic mass is 16.4. The Morgan fingerprint density at radius 3 is 2.54 bits per heavy atom. The van der Waals surface area contributed by atoms with Crippen molar-refractivity contribution in [1.29, 1.82) is 0 Å². The summed E-state index contributed by atoms with van der Waals surface area (Å²) in [6.07, 6.45) is 8.98. The summed E-state index contributed by atoms with van der Waals surface area (Å²) >= 11 is 0. The number of ketones is 1. The van der Waals surface area contributed by atoms with Gasteiger partial charge in [-0.3, -0.25) is 9.59 Å². The molecule has 0 amide bonds. The van der Waals surface area contributed by atoms with Gasteiger partial charge in [-0.2, -0.15) is 0 Å². The molecule has 0 bridgehead atoms. The van der Waals surface area contributed by atoms with Crippen LogP contribution >= 0.6 is 0 Å². The summed E-state index contributed by atoms with van der Waals surface area (Å²) in [5.74, 6) is -1.02. The van der Waals surface area contributed by atoms with Gasteiger partial charge >= 0.3 is 5.97 Å². The van der Waals surface area contributed by atoms with Gasteiger partial charge in [-0.15, -0.1) is 0 Å². The van der Waals surface area contributed by atoms with Gasteiger partial charge in [0, 0.05) is 24.7 Å². The normalized spacial score (nSPS) is 24.8. The van der Waals surface area contributed by atoms with Gasteiger partial charge in [-0.05, 0) is 26.2 Å². The number of hydrogen-bond donors (Lipinski definition) is 3. The molecule has 0 aromatic rings. The van der Waals surface area contributed by atoms with Gasteiger partial charge < -0.3 is 15.3 Å². The van der Waals surface area contributed by atoms with E-state index in [0.717, 1.165) is 56.9 Å². The molecule has 0 heterocycles. The fraction of sp³-hybridized carbons (Fsp3) is 0.810. The SMILES string of the molecule is CCCCC[C@@H](O)/C=C(\C)[C@H]1C(O)CC(=O)C1CCCCCCC(=O)O. The zero-order valence-electron chi connectivity index (χ0n) is 16.3. The van der Waals surface area contributed by atoms with Gasteiger partial charge in [0.2, 0.25) is 0 Å². The standard InChI is InChI=1S/C21H36O5/c1-3-4-7-10-16(22)13-15(2)21-17(18(23)14-19(21)24)11-8-5-6-9-12-20(25)26/h13,16-17,19,21-22,24H,3-12,14H2,1-2H3,(H,25,26)/b15-13+/t16-,17?,19?,21-/m1/s1. The average Bonchev–Trinajstić information content (AvgIpc) is 2.84. The topological polar surface area (TPSA) is 94.8 Å². The number of Topliss-reactive ketones (excluding diaryl/α,β-unsaturated/α-hetero) is 1. The van der Waals surface area contributed by atoms with Crippen molar-refractivity contribution >= 4 is 11.8 Å². The molecule has 0 radical (unpaired) electrons. The highest BCUT2D eigenvalue weighted by molar-refractivity contribution is 5.84. The first kappa shape index (κ1) is 22.8. The predicted molar refractivity (Wildman–Crippen MR) is 102 cm³/mol. The number of carbonyl (C=O) groups is 2.